The van der Waals surface area contributed by atoms with Crippen molar-refractivity contribution in [3.05, 3.63) is 40.6 Å². The maximum Gasteiger partial charge on any atom is 0.0950 e. The van der Waals surface area contributed by atoms with Crippen LogP contribution in [-0.4, -0.2) is 22.6 Å². The van der Waals surface area contributed by atoms with E-state index in [1.807, 2.05) is 23.9 Å². The van der Waals surface area contributed by atoms with E-state index in [-0.39, 0.29) is 0 Å². The van der Waals surface area contributed by atoms with Gasteiger partial charge in [-0.15, -0.1) is 11.3 Å². The summed E-state index contributed by atoms with van der Waals surface area (Å²) in [7, 11) is 0. The number of hydrogen-bond acceptors (Lipinski definition) is 3. The summed E-state index contributed by atoms with van der Waals surface area (Å²) in [6, 6.07) is 4.83. The van der Waals surface area contributed by atoms with Gasteiger partial charge in [-0.25, -0.2) is 4.98 Å². The smallest absolute Gasteiger partial charge is 0.0950 e. The van der Waals surface area contributed by atoms with E-state index in [4.69, 9.17) is 0 Å². The lowest BCUT2D eigenvalue weighted by Gasteiger charge is -2.18. The van der Waals surface area contributed by atoms with Gasteiger partial charge in [-0.1, -0.05) is 6.07 Å². The van der Waals surface area contributed by atoms with Gasteiger partial charge in [-0.05, 0) is 31.3 Å². The third-order valence-corrected chi connectivity index (χ3v) is 4.62. The van der Waals surface area contributed by atoms with Crippen LogP contribution >= 0.6 is 11.3 Å². The van der Waals surface area contributed by atoms with Crippen molar-refractivity contribution in [3.8, 4) is 0 Å². The summed E-state index contributed by atoms with van der Waals surface area (Å²) in [5, 5.41) is 5.58. The molecule has 0 aliphatic carbocycles. The third kappa shape index (κ3) is 2.35. The highest BCUT2D eigenvalue weighted by Gasteiger charge is 2.22. The van der Waals surface area contributed by atoms with E-state index < -0.39 is 0 Å². The molecule has 0 saturated carbocycles. The number of imidazole rings is 1. The minimum atomic E-state index is 0.488. The normalized spacial score (nSPS) is 21.3. The predicted octanol–water partition coefficient (Wildman–Crippen LogP) is 2.83. The molecule has 18 heavy (non-hydrogen) atoms. The monoisotopic (exact) mass is 261 g/mol. The van der Waals surface area contributed by atoms with Gasteiger partial charge in [-0.2, -0.15) is 0 Å². The van der Waals surface area contributed by atoms with Gasteiger partial charge in [0.2, 0.25) is 0 Å². The molecule has 1 saturated heterocycles. The number of nitrogens with zero attached hydrogens (tertiary/aromatic N) is 2. The fraction of sp³-hybridized carbons (Fsp3) is 0.500. The Morgan fingerprint density at radius 3 is 3.28 bits per heavy atom. The number of rotatable bonds is 4. The SMILES string of the molecule is CC(Cc1cccs1)n1cncc1C1CCNC1. The van der Waals surface area contributed by atoms with Crippen LogP contribution in [0.1, 0.15) is 35.9 Å². The molecule has 3 rings (SSSR count). The average Bonchev–Trinajstić information content (AvgIpc) is 3.11. The second-order valence-corrected chi connectivity index (χ2v) is 6.08. The molecule has 2 unspecified atom stereocenters. The van der Waals surface area contributed by atoms with E-state index in [9.17, 15) is 0 Å². The first-order chi connectivity index (χ1) is 8.84. The van der Waals surface area contributed by atoms with Gasteiger partial charge in [0.25, 0.3) is 0 Å². The van der Waals surface area contributed by atoms with Crippen molar-refractivity contribution in [2.24, 2.45) is 0 Å². The summed E-state index contributed by atoms with van der Waals surface area (Å²) in [5.41, 5.74) is 1.39. The Bertz CT molecular complexity index is 483. The lowest BCUT2D eigenvalue weighted by molar-refractivity contribution is 0.510. The molecule has 3 nitrogen and oxygen atoms in total. The molecule has 1 aliphatic heterocycles. The molecule has 1 aliphatic rings. The van der Waals surface area contributed by atoms with Gasteiger partial charge >= 0.3 is 0 Å². The summed E-state index contributed by atoms with van der Waals surface area (Å²) in [5.74, 6) is 0.637. The van der Waals surface area contributed by atoms with E-state index in [2.05, 4.69) is 39.3 Å². The van der Waals surface area contributed by atoms with E-state index in [0.29, 0.717) is 12.0 Å². The Morgan fingerprint density at radius 1 is 1.61 bits per heavy atom. The highest BCUT2D eigenvalue weighted by molar-refractivity contribution is 7.09. The van der Waals surface area contributed by atoms with Crippen LogP contribution in [0.4, 0.5) is 0 Å². The first-order valence-corrected chi connectivity index (χ1v) is 7.47. The van der Waals surface area contributed by atoms with Crippen molar-refractivity contribution in [2.75, 3.05) is 13.1 Å². The molecule has 0 spiro atoms. The molecule has 96 valence electrons. The molecule has 0 bridgehead atoms. The van der Waals surface area contributed by atoms with Crippen molar-refractivity contribution >= 4 is 11.3 Å². The third-order valence-electron chi connectivity index (χ3n) is 3.73. The zero-order valence-electron chi connectivity index (χ0n) is 10.7. The van der Waals surface area contributed by atoms with Crippen molar-refractivity contribution in [1.29, 1.82) is 0 Å². The topological polar surface area (TPSA) is 29.9 Å². The minimum Gasteiger partial charge on any atom is -0.331 e. The van der Waals surface area contributed by atoms with Crippen LogP contribution in [0.15, 0.2) is 30.0 Å². The highest BCUT2D eigenvalue weighted by Crippen LogP contribution is 2.26. The van der Waals surface area contributed by atoms with Gasteiger partial charge in [0.15, 0.2) is 0 Å². The Kier molecular flexibility index (Phi) is 3.48. The van der Waals surface area contributed by atoms with Crippen LogP contribution in [0, 0.1) is 0 Å². The second-order valence-electron chi connectivity index (χ2n) is 5.05. The van der Waals surface area contributed by atoms with E-state index in [0.717, 1.165) is 19.5 Å². The number of thiophene rings is 1. The Hall–Kier alpha value is -1.13. The summed E-state index contributed by atoms with van der Waals surface area (Å²) >= 11 is 1.84. The molecule has 0 amide bonds. The first-order valence-electron chi connectivity index (χ1n) is 6.59. The van der Waals surface area contributed by atoms with Gasteiger partial charge in [0.05, 0.1) is 6.33 Å². The molecule has 4 heteroatoms. The summed E-state index contributed by atoms with van der Waals surface area (Å²) < 4.78 is 2.36. The average molecular weight is 261 g/mol. The second kappa shape index (κ2) is 5.24. The maximum atomic E-state index is 4.36. The number of aromatic nitrogens is 2. The molecule has 3 heterocycles. The summed E-state index contributed by atoms with van der Waals surface area (Å²) in [6.07, 6.45) is 6.37. The molecular formula is C14H19N3S. The van der Waals surface area contributed by atoms with E-state index >= 15 is 0 Å². The molecule has 1 fully saturated rings. The molecule has 2 aromatic heterocycles. The van der Waals surface area contributed by atoms with Crippen molar-refractivity contribution in [3.63, 3.8) is 0 Å². The highest BCUT2D eigenvalue weighted by atomic mass is 32.1. The zero-order valence-corrected chi connectivity index (χ0v) is 11.5. The Balaban J connectivity index is 1.77. The molecular weight excluding hydrogens is 242 g/mol. The maximum absolute atomic E-state index is 4.36. The van der Waals surface area contributed by atoms with Crippen molar-refractivity contribution < 1.29 is 0 Å². The fourth-order valence-electron chi connectivity index (χ4n) is 2.72. The Morgan fingerprint density at radius 2 is 2.56 bits per heavy atom. The van der Waals surface area contributed by atoms with Gasteiger partial charge in [0, 0.05) is 41.7 Å². The van der Waals surface area contributed by atoms with Crippen molar-refractivity contribution in [1.82, 2.24) is 14.9 Å². The molecule has 2 atom stereocenters. The molecule has 2 aromatic rings. The Labute approximate surface area is 112 Å². The lowest BCUT2D eigenvalue weighted by atomic mass is 10.0. The zero-order chi connectivity index (χ0) is 12.4. The number of hydrogen-bond donors (Lipinski definition) is 1. The van der Waals surface area contributed by atoms with Crippen LogP contribution in [0.25, 0.3) is 0 Å². The summed E-state index contributed by atoms with van der Waals surface area (Å²) in [4.78, 5) is 5.81. The molecule has 1 N–H and O–H groups in total. The molecule has 0 radical (unpaired) electrons. The lowest BCUT2D eigenvalue weighted by Crippen LogP contribution is -2.15. The van der Waals surface area contributed by atoms with Crippen LogP contribution in [0.2, 0.25) is 0 Å². The first kappa shape index (κ1) is 11.9. The van der Waals surface area contributed by atoms with Crippen LogP contribution < -0.4 is 5.32 Å². The van der Waals surface area contributed by atoms with Gasteiger partial charge in [0.1, 0.15) is 0 Å². The van der Waals surface area contributed by atoms with Gasteiger partial charge in [-0.3, -0.25) is 0 Å². The number of nitrogens with one attached hydrogen (secondary N) is 1. The molecule has 0 aromatic carbocycles. The largest absolute Gasteiger partial charge is 0.331 e. The van der Waals surface area contributed by atoms with Crippen LogP contribution in [0.3, 0.4) is 0 Å². The van der Waals surface area contributed by atoms with E-state index in [1.165, 1.54) is 17.0 Å². The van der Waals surface area contributed by atoms with Crippen molar-refractivity contribution in [2.45, 2.75) is 31.7 Å². The quantitative estimate of drug-likeness (QED) is 0.917. The minimum absolute atomic E-state index is 0.488. The van der Waals surface area contributed by atoms with E-state index in [1.54, 1.807) is 0 Å². The van der Waals surface area contributed by atoms with Crippen LogP contribution in [0.5, 0.6) is 0 Å². The fourth-order valence-corrected chi connectivity index (χ4v) is 3.55. The standard InChI is InChI=1S/C14H19N3S/c1-11(7-13-3-2-6-18-13)17-10-16-9-14(17)12-4-5-15-8-12/h2-3,6,9-12,15H,4-5,7-8H2,1H3. The van der Waals surface area contributed by atoms with Gasteiger partial charge < -0.3 is 9.88 Å². The predicted molar refractivity (Wildman–Crippen MR) is 75.2 cm³/mol. The van der Waals surface area contributed by atoms with Crippen LogP contribution in [-0.2, 0) is 6.42 Å². The summed E-state index contributed by atoms with van der Waals surface area (Å²) in [6.45, 7) is 4.51.